The predicted octanol–water partition coefficient (Wildman–Crippen LogP) is 3.18. The molecule has 0 spiro atoms. The zero-order valence-corrected chi connectivity index (χ0v) is 11.8. The monoisotopic (exact) mass is 269 g/mol. The van der Waals surface area contributed by atoms with Gasteiger partial charge in [0.25, 0.3) is 0 Å². The second-order valence-corrected chi connectivity index (χ2v) is 5.27. The molecule has 1 aromatic carbocycles. The zero-order valence-electron chi connectivity index (χ0n) is 11.8. The van der Waals surface area contributed by atoms with Gasteiger partial charge in [-0.25, -0.2) is 4.98 Å². The van der Waals surface area contributed by atoms with E-state index in [1.54, 1.807) is 6.20 Å². The molecule has 3 rings (SSSR count). The summed E-state index contributed by atoms with van der Waals surface area (Å²) in [5.74, 6) is 1.01. The lowest BCUT2D eigenvalue weighted by atomic mass is 10.1. The molecular formula is C16H19N3O. The van der Waals surface area contributed by atoms with Crippen molar-refractivity contribution in [2.24, 2.45) is 0 Å². The van der Waals surface area contributed by atoms with E-state index in [1.807, 2.05) is 24.7 Å². The van der Waals surface area contributed by atoms with E-state index in [1.165, 1.54) is 10.9 Å². The maximum absolute atomic E-state index is 6.00. The number of hydrogen-bond acceptors (Lipinski definition) is 3. The van der Waals surface area contributed by atoms with Crippen LogP contribution in [0.3, 0.4) is 0 Å². The van der Waals surface area contributed by atoms with E-state index in [4.69, 9.17) is 4.42 Å². The Bertz CT molecular complexity index is 683. The minimum Gasteiger partial charge on any atom is -0.459 e. The molecule has 2 heterocycles. The first-order valence-electron chi connectivity index (χ1n) is 6.92. The SMILES string of the molecule is CC(C)NCc1oc2ccccc2c1Cn1ccnc1. The number of rotatable bonds is 5. The van der Waals surface area contributed by atoms with Gasteiger partial charge in [0.2, 0.25) is 0 Å². The molecule has 1 N–H and O–H groups in total. The van der Waals surface area contributed by atoms with E-state index in [9.17, 15) is 0 Å². The van der Waals surface area contributed by atoms with Crippen LogP contribution in [0.1, 0.15) is 25.2 Å². The summed E-state index contributed by atoms with van der Waals surface area (Å²) < 4.78 is 8.07. The summed E-state index contributed by atoms with van der Waals surface area (Å²) in [4.78, 5) is 4.10. The largest absolute Gasteiger partial charge is 0.459 e. The molecule has 0 saturated heterocycles. The predicted molar refractivity (Wildman–Crippen MR) is 79.5 cm³/mol. The lowest BCUT2D eigenvalue weighted by molar-refractivity contribution is 0.481. The molecule has 0 aliphatic carbocycles. The minimum atomic E-state index is 0.435. The number of hydrogen-bond donors (Lipinski definition) is 1. The molecule has 0 unspecified atom stereocenters. The summed E-state index contributed by atoms with van der Waals surface area (Å²) in [5, 5.41) is 4.61. The van der Waals surface area contributed by atoms with Gasteiger partial charge in [-0.1, -0.05) is 32.0 Å². The number of imidazole rings is 1. The molecule has 4 heteroatoms. The van der Waals surface area contributed by atoms with Crippen LogP contribution in [0.15, 0.2) is 47.4 Å². The Morgan fingerprint density at radius 1 is 1.30 bits per heavy atom. The summed E-state index contributed by atoms with van der Waals surface area (Å²) >= 11 is 0. The summed E-state index contributed by atoms with van der Waals surface area (Å²) in [6.07, 6.45) is 5.61. The van der Waals surface area contributed by atoms with Crippen molar-refractivity contribution in [3.63, 3.8) is 0 Å². The molecule has 0 aliphatic heterocycles. The molecule has 4 nitrogen and oxygen atoms in total. The van der Waals surface area contributed by atoms with Gasteiger partial charge >= 0.3 is 0 Å². The Kier molecular flexibility index (Phi) is 3.56. The van der Waals surface area contributed by atoms with Crippen molar-refractivity contribution in [1.29, 1.82) is 0 Å². The highest BCUT2D eigenvalue weighted by atomic mass is 16.3. The molecule has 0 aliphatic rings. The Morgan fingerprint density at radius 2 is 2.15 bits per heavy atom. The molecule has 104 valence electrons. The van der Waals surface area contributed by atoms with Crippen LogP contribution in [-0.4, -0.2) is 15.6 Å². The third-order valence-corrected chi connectivity index (χ3v) is 3.35. The number of nitrogens with zero attached hydrogens (tertiary/aromatic N) is 2. The van der Waals surface area contributed by atoms with Crippen LogP contribution in [0.4, 0.5) is 0 Å². The van der Waals surface area contributed by atoms with Gasteiger partial charge in [0.05, 0.1) is 19.4 Å². The molecule has 0 radical (unpaired) electrons. The van der Waals surface area contributed by atoms with Gasteiger partial charge in [0.15, 0.2) is 0 Å². The van der Waals surface area contributed by atoms with E-state index >= 15 is 0 Å². The van der Waals surface area contributed by atoms with Crippen molar-refractivity contribution in [3.8, 4) is 0 Å². The number of para-hydroxylation sites is 1. The molecule has 0 saturated carbocycles. The van der Waals surface area contributed by atoms with Crippen molar-refractivity contribution < 1.29 is 4.42 Å². The fraction of sp³-hybridized carbons (Fsp3) is 0.312. The molecule has 0 fully saturated rings. The lowest BCUT2D eigenvalue weighted by Gasteiger charge is -2.08. The molecule has 0 atom stereocenters. The highest BCUT2D eigenvalue weighted by Crippen LogP contribution is 2.26. The maximum atomic E-state index is 6.00. The smallest absolute Gasteiger partial charge is 0.134 e. The number of nitrogens with one attached hydrogen (secondary N) is 1. The van der Waals surface area contributed by atoms with Crippen molar-refractivity contribution >= 4 is 11.0 Å². The fourth-order valence-corrected chi connectivity index (χ4v) is 2.33. The van der Waals surface area contributed by atoms with Crippen molar-refractivity contribution in [2.75, 3.05) is 0 Å². The van der Waals surface area contributed by atoms with Crippen LogP contribution in [-0.2, 0) is 13.1 Å². The summed E-state index contributed by atoms with van der Waals surface area (Å²) in [6, 6.07) is 8.63. The molecule has 0 bridgehead atoms. The highest BCUT2D eigenvalue weighted by Gasteiger charge is 2.14. The van der Waals surface area contributed by atoms with Gasteiger partial charge in [-0.15, -0.1) is 0 Å². The topological polar surface area (TPSA) is 43.0 Å². The van der Waals surface area contributed by atoms with Crippen molar-refractivity contribution in [3.05, 3.63) is 54.3 Å². The summed E-state index contributed by atoms with van der Waals surface area (Å²) in [5.41, 5.74) is 2.18. The second kappa shape index (κ2) is 5.51. The zero-order chi connectivity index (χ0) is 13.9. The van der Waals surface area contributed by atoms with Crippen LogP contribution in [0, 0.1) is 0 Å². The van der Waals surface area contributed by atoms with Gasteiger partial charge in [0.1, 0.15) is 11.3 Å². The second-order valence-electron chi connectivity index (χ2n) is 5.27. The average Bonchev–Trinajstić information content (AvgIpc) is 3.05. The first kappa shape index (κ1) is 12.9. The number of benzene rings is 1. The number of fused-ring (bicyclic) bond motifs is 1. The summed E-state index contributed by atoms with van der Waals surface area (Å²) in [7, 11) is 0. The van der Waals surface area contributed by atoms with Crippen LogP contribution in [0.5, 0.6) is 0 Å². The normalized spacial score (nSPS) is 11.6. The van der Waals surface area contributed by atoms with Crippen LogP contribution >= 0.6 is 0 Å². The van der Waals surface area contributed by atoms with Crippen molar-refractivity contribution in [1.82, 2.24) is 14.9 Å². The quantitative estimate of drug-likeness (QED) is 0.773. The third kappa shape index (κ3) is 2.60. The van der Waals surface area contributed by atoms with Crippen molar-refractivity contribution in [2.45, 2.75) is 33.0 Å². The highest BCUT2D eigenvalue weighted by molar-refractivity contribution is 5.82. The van der Waals surface area contributed by atoms with Crippen LogP contribution in [0.25, 0.3) is 11.0 Å². The third-order valence-electron chi connectivity index (χ3n) is 3.35. The van der Waals surface area contributed by atoms with Crippen LogP contribution in [0.2, 0.25) is 0 Å². The minimum absolute atomic E-state index is 0.435. The molecule has 20 heavy (non-hydrogen) atoms. The van der Waals surface area contributed by atoms with E-state index in [0.29, 0.717) is 6.04 Å². The van der Waals surface area contributed by atoms with E-state index in [2.05, 4.69) is 40.8 Å². The van der Waals surface area contributed by atoms with Gasteiger partial charge in [-0.2, -0.15) is 0 Å². The molecule has 0 amide bonds. The van der Waals surface area contributed by atoms with E-state index in [-0.39, 0.29) is 0 Å². The van der Waals surface area contributed by atoms with Gasteiger partial charge in [0, 0.05) is 29.4 Å². The lowest BCUT2D eigenvalue weighted by Crippen LogP contribution is -2.22. The molecular weight excluding hydrogens is 250 g/mol. The molecule has 3 aromatic rings. The maximum Gasteiger partial charge on any atom is 0.134 e. The van der Waals surface area contributed by atoms with E-state index < -0.39 is 0 Å². The fourth-order valence-electron chi connectivity index (χ4n) is 2.33. The summed E-state index contributed by atoms with van der Waals surface area (Å²) in [6.45, 7) is 5.80. The molecule has 2 aromatic heterocycles. The standard InChI is InChI=1S/C16H19N3O/c1-12(2)18-9-16-14(10-19-8-7-17-11-19)13-5-3-4-6-15(13)20-16/h3-8,11-12,18H,9-10H2,1-2H3. The van der Waals surface area contributed by atoms with Gasteiger partial charge < -0.3 is 14.3 Å². The Hall–Kier alpha value is -2.07. The van der Waals surface area contributed by atoms with E-state index in [0.717, 1.165) is 24.4 Å². The Balaban J connectivity index is 1.99. The first-order valence-corrected chi connectivity index (χ1v) is 6.92. The first-order chi connectivity index (χ1) is 9.74. The van der Waals surface area contributed by atoms with Crippen LogP contribution < -0.4 is 5.32 Å². The number of furan rings is 1. The average molecular weight is 269 g/mol. The Labute approximate surface area is 118 Å². The van der Waals surface area contributed by atoms with Gasteiger partial charge in [-0.05, 0) is 6.07 Å². The van der Waals surface area contributed by atoms with Gasteiger partial charge in [-0.3, -0.25) is 0 Å². The number of aromatic nitrogens is 2. The Morgan fingerprint density at radius 3 is 2.90 bits per heavy atom.